The van der Waals surface area contributed by atoms with E-state index in [0.717, 1.165) is 11.0 Å². The van der Waals surface area contributed by atoms with E-state index in [1.165, 1.54) is 0 Å². The average molecular weight is 248 g/mol. The Morgan fingerprint density at radius 1 is 1.39 bits per heavy atom. The van der Waals surface area contributed by atoms with Crippen LogP contribution in [0.15, 0.2) is 30.6 Å². The van der Waals surface area contributed by atoms with Gasteiger partial charge in [-0.1, -0.05) is 12.1 Å². The number of benzene rings is 1. The molecule has 2 heterocycles. The highest BCUT2D eigenvalue weighted by atomic mass is 16.5. The van der Waals surface area contributed by atoms with E-state index in [-0.39, 0.29) is 12.6 Å². The lowest BCUT2D eigenvalue weighted by Crippen LogP contribution is -2.41. The minimum absolute atomic E-state index is 0.0650. The topological polar surface area (TPSA) is 67.5 Å². The molecule has 1 fully saturated rings. The molecule has 96 valence electrons. The second-order valence-electron chi connectivity index (χ2n) is 4.65. The molecule has 2 aromatic rings. The molecule has 18 heavy (non-hydrogen) atoms. The maximum atomic E-state index is 9.89. The van der Waals surface area contributed by atoms with E-state index >= 15 is 0 Å². The van der Waals surface area contributed by atoms with Gasteiger partial charge in [0, 0.05) is 0 Å². The molecule has 0 aliphatic carbocycles. The maximum Gasteiger partial charge on any atom is 0.107 e. The average Bonchev–Trinajstić information content (AvgIpc) is 2.82. The molecule has 2 N–H and O–H groups in total. The number of rotatable bonds is 2. The van der Waals surface area contributed by atoms with E-state index in [1.807, 2.05) is 28.8 Å². The normalized spacial score (nSPS) is 28.7. The van der Waals surface area contributed by atoms with Crippen molar-refractivity contribution in [1.29, 1.82) is 0 Å². The van der Waals surface area contributed by atoms with Gasteiger partial charge in [-0.2, -0.15) is 0 Å². The van der Waals surface area contributed by atoms with Crippen LogP contribution < -0.4 is 0 Å². The third kappa shape index (κ3) is 1.90. The second-order valence-corrected chi connectivity index (χ2v) is 4.65. The molecule has 5 nitrogen and oxygen atoms in total. The number of aliphatic hydroxyl groups is 2. The van der Waals surface area contributed by atoms with E-state index in [1.54, 1.807) is 6.33 Å². The predicted octanol–water partition coefficient (Wildman–Crippen LogP) is 0.719. The van der Waals surface area contributed by atoms with Crippen molar-refractivity contribution in [1.82, 2.24) is 9.55 Å². The van der Waals surface area contributed by atoms with Gasteiger partial charge in [0.25, 0.3) is 0 Å². The van der Waals surface area contributed by atoms with Crippen molar-refractivity contribution in [2.24, 2.45) is 0 Å². The summed E-state index contributed by atoms with van der Waals surface area (Å²) in [5.74, 6) is 0. The molecular formula is C13H16N2O3. The first-order valence-corrected chi connectivity index (χ1v) is 6.11. The van der Waals surface area contributed by atoms with Gasteiger partial charge in [0.05, 0.1) is 42.7 Å². The zero-order chi connectivity index (χ0) is 12.5. The lowest BCUT2D eigenvalue weighted by atomic mass is 10.0. The highest BCUT2D eigenvalue weighted by molar-refractivity contribution is 5.75. The molecule has 0 bridgehead atoms. The van der Waals surface area contributed by atoms with Crippen LogP contribution in [0.2, 0.25) is 0 Å². The van der Waals surface area contributed by atoms with Gasteiger partial charge in [0.15, 0.2) is 0 Å². The van der Waals surface area contributed by atoms with Crippen molar-refractivity contribution in [3.8, 4) is 0 Å². The summed E-state index contributed by atoms with van der Waals surface area (Å²) in [5.41, 5.74) is 1.98. The van der Waals surface area contributed by atoms with Crippen LogP contribution in [0, 0.1) is 0 Å². The molecule has 1 saturated heterocycles. The van der Waals surface area contributed by atoms with E-state index in [9.17, 15) is 5.11 Å². The number of ether oxygens (including phenoxy) is 1. The van der Waals surface area contributed by atoms with E-state index in [2.05, 4.69) is 4.98 Å². The highest BCUT2D eigenvalue weighted by Gasteiger charge is 2.30. The molecule has 3 rings (SSSR count). The first-order chi connectivity index (χ1) is 8.79. The number of aromatic nitrogens is 2. The Balaban J connectivity index is 1.87. The summed E-state index contributed by atoms with van der Waals surface area (Å²) in [4.78, 5) is 4.33. The van der Waals surface area contributed by atoms with Crippen LogP contribution in [0.3, 0.4) is 0 Å². The van der Waals surface area contributed by atoms with Crippen molar-refractivity contribution in [3.05, 3.63) is 30.6 Å². The Morgan fingerprint density at radius 3 is 3.00 bits per heavy atom. The molecule has 3 unspecified atom stereocenters. The van der Waals surface area contributed by atoms with Crippen LogP contribution in [0.1, 0.15) is 12.5 Å². The standard InChI is InChI=1S/C13H16N2O3/c16-6-13-12(17)5-9(7-18-13)15-8-14-10-3-1-2-4-11(10)15/h1-4,8-9,12-13,16-17H,5-7H2. The number of hydrogen-bond donors (Lipinski definition) is 2. The van der Waals surface area contributed by atoms with Gasteiger partial charge in [-0.3, -0.25) is 0 Å². The molecule has 0 radical (unpaired) electrons. The highest BCUT2D eigenvalue weighted by Crippen LogP contribution is 2.26. The lowest BCUT2D eigenvalue weighted by Gasteiger charge is -2.33. The minimum atomic E-state index is -0.630. The first-order valence-electron chi connectivity index (χ1n) is 6.11. The third-order valence-corrected chi connectivity index (χ3v) is 3.50. The fourth-order valence-corrected chi connectivity index (χ4v) is 2.48. The SMILES string of the molecule is OCC1OCC(n2cnc3ccccc32)CC1O. The molecule has 1 aliphatic rings. The maximum absolute atomic E-state index is 9.89. The fourth-order valence-electron chi connectivity index (χ4n) is 2.48. The molecular weight excluding hydrogens is 232 g/mol. The smallest absolute Gasteiger partial charge is 0.107 e. The Morgan fingerprint density at radius 2 is 2.22 bits per heavy atom. The third-order valence-electron chi connectivity index (χ3n) is 3.50. The summed E-state index contributed by atoms with van der Waals surface area (Å²) in [7, 11) is 0. The first kappa shape index (κ1) is 11.6. The molecule has 0 amide bonds. The Bertz CT molecular complexity index is 540. The Kier molecular flexibility index (Phi) is 3.03. The molecule has 5 heteroatoms. The van der Waals surface area contributed by atoms with Crippen LogP contribution >= 0.6 is 0 Å². The second kappa shape index (κ2) is 4.68. The van der Waals surface area contributed by atoms with E-state index < -0.39 is 12.2 Å². The zero-order valence-electron chi connectivity index (χ0n) is 9.94. The van der Waals surface area contributed by atoms with Gasteiger partial charge >= 0.3 is 0 Å². The molecule has 3 atom stereocenters. The van der Waals surface area contributed by atoms with Crippen molar-refractivity contribution in [2.75, 3.05) is 13.2 Å². The van der Waals surface area contributed by atoms with Gasteiger partial charge < -0.3 is 19.5 Å². The molecule has 1 aliphatic heterocycles. The Hall–Kier alpha value is -1.43. The van der Waals surface area contributed by atoms with Crippen molar-refractivity contribution in [2.45, 2.75) is 24.7 Å². The monoisotopic (exact) mass is 248 g/mol. The summed E-state index contributed by atoms with van der Waals surface area (Å²) in [6, 6.07) is 7.95. The molecule has 0 spiro atoms. The lowest BCUT2D eigenvalue weighted by molar-refractivity contribution is -0.112. The molecule has 1 aromatic heterocycles. The molecule has 1 aromatic carbocycles. The van der Waals surface area contributed by atoms with Gasteiger partial charge in [-0.05, 0) is 18.6 Å². The van der Waals surface area contributed by atoms with Gasteiger partial charge in [0.2, 0.25) is 0 Å². The van der Waals surface area contributed by atoms with Gasteiger partial charge in [-0.15, -0.1) is 0 Å². The van der Waals surface area contributed by atoms with Crippen LogP contribution in [0.5, 0.6) is 0 Å². The molecule has 0 saturated carbocycles. The van der Waals surface area contributed by atoms with E-state index in [0.29, 0.717) is 13.0 Å². The summed E-state index contributed by atoms with van der Waals surface area (Å²) < 4.78 is 7.51. The van der Waals surface area contributed by atoms with Crippen molar-refractivity contribution < 1.29 is 14.9 Å². The van der Waals surface area contributed by atoms with Crippen LogP contribution in [0.4, 0.5) is 0 Å². The number of imidazole rings is 1. The van der Waals surface area contributed by atoms with Crippen molar-refractivity contribution in [3.63, 3.8) is 0 Å². The number of aliphatic hydroxyl groups excluding tert-OH is 2. The van der Waals surface area contributed by atoms with Gasteiger partial charge in [0.1, 0.15) is 6.10 Å². The largest absolute Gasteiger partial charge is 0.394 e. The summed E-state index contributed by atoms with van der Waals surface area (Å²) >= 11 is 0. The summed E-state index contributed by atoms with van der Waals surface area (Å²) in [6.45, 7) is 0.348. The fraction of sp³-hybridized carbons (Fsp3) is 0.462. The Labute approximate surface area is 105 Å². The van der Waals surface area contributed by atoms with Gasteiger partial charge in [-0.25, -0.2) is 4.98 Å². The summed E-state index contributed by atoms with van der Waals surface area (Å²) in [6.07, 6.45) is 1.27. The number of para-hydroxylation sites is 2. The number of fused-ring (bicyclic) bond motifs is 1. The number of hydrogen-bond acceptors (Lipinski definition) is 4. The van der Waals surface area contributed by atoms with Crippen LogP contribution in [-0.4, -0.2) is 45.2 Å². The summed E-state index contributed by atoms with van der Waals surface area (Å²) in [5, 5.41) is 18.9. The number of nitrogens with zero attached hydrogens (tertiary/aromatic N) is 2. The van der Waals surface area contributed by atoms with Crippen molar-refractivity contribution >= 4 is 11.0 Å². The van der Waals surface area contributed by atoms with E-state index in [4.69, 9.17) is 9.84 Å². The quantitative estimate of drug-likeness (QED) is 0.821. The predicted molar refractivity (Wildman–Crippen MR) is 66.2 cm³/mol. The van der Waals surface area contributed by atoms with Crippen LogP contribution in [-0.2, 0) is 4.74 Å². The van der Waals surface area contributed by atoms with Crippen LogP contribution in [0.25, 0.3) is 11.0 Å². The zero-order valence-corrected chi connectivity index (χ0v) is 9.94. The minimum Gasteiger partial charge on any atom is -0.394 e.